The minimum Gasteiger partial charge on any atom is -0.480 e. The molecule has 0 unspecified atom stereocenters. The first-order valence-corrected chi connectivity index (χ1v) is 10.3. The zero-order valence-electron chi connectivity index (χ0n) is 12.9. The molecule has 124 valence electrons. The molecule has 0 aliphatic carbocycles. The lowest BCUT2D eigenvalue weighted by Gasteiger charge is -2.21. The Morgan fingerprint density at radius 1 is 1.33 bits per heavy atom. The Morgan fingerprint density at radius 3 is 2.83 bits per heavy atom. The number of pyridine rings is 1. The average Bonchev–Trinajstić information content (AvgIpc) is 2.93. The van der Waals surface area contributed by atoms with E-state index in [-0.39, 0.29) is 0 Å². The number of halogens is 1. The van der Waals surface area contributed by atoms with Gasteiger partial charge in [-0.3, -0.25) is 3.97 Å². The third-order valence-electron chi connectivity index (χ3n) is 3.48. The van der Waals surface area contributed by atoms with Gasteiger partial charge in [-0.05, 0) is 32.0 Å². The Bertz CT molecular complexity index is 912. The summed E-state index contributed by atoms with van der Waals surface area (Å²) in [4.78, 5) is 24.5. The maximum atomic E-state index is 11.3. The van der Waals surface area contributed by atoms with Gasteiger partial charge in [-0.2, -0.15) is 0 Å². The van der Waals surface area contributed by atoms with Gasteiger partial charge in [0.2, 0.25) is 0 Å². The Hall–Kier alpha value is -1.88. The van der Waals surface area contributed by atoms with Crippen LogP contribution < -0.4 is 5.32 Å². The lowest BCUT2D eigenvalue weighted by atomic mass is 10.1. The summed E-state index contributed by atoms with van der Waals surface area (Å²) in [6, 6.07) is 5.48. The molecular formula is C15H14IN5O2S. The molecule has 3 aromatic heterocycles. The van der Waals surface area contributed by atoms with E-state index in [0.717, 1.165) is 16.6 Å². The number of aliphatic carboxylic acids is 1. The van der Waals surface area contributed by atoms with E-state index >= 15 is 0 Å². The molecule has 0 aromatic carbocycles. The van der Waals surface area contributed by atoms with E-state index in [1.165, 1.54) is 9.12 Å². The van der Waals surface area contributed by atoms with Crippen molar-refractivity contribution in [2.75, 3.05) is 5.32 Å². The first-order valence-electron chi connectivity index (χ1n) is 7.02. The molecule has 3 heterocycles. The van der Waals surface area contributed by atoms with Gasteiger partial charge >= 0.3 is 5.97 Å². The van der Waals surface area contributed by atoms with Crippen LogP contribution in [-0.4, -0.2) is 35.5 Å². The highest BCUT2D eigenvalue weighted by molar-refractivity contribution is 14.2. The topological polar surface area (TPSA) is 92.9 Å². The van der Waals surface area contributed by atoms with Crippen LogP contribution in [0.1, 0.15) is 13.8 Å². The Morgan fingerprint density at radius 2 is 2.12 bits per heavy atom. The highest BCUT2D eigenvalue weighted by Gasteiger charge is 2.27. The van der Waals surface area contributed by atoms with Crippen molar-refractivity contribution in [1.29, 1.82) is 0 Å². The van der Waals surface area contributed by atoms with Gasteiger partial charge in [-0.15, -0.1) is 0 Å². The molecule has 0 amide bonds. The molecule has 9 heteroatoms. The number of fused-ring (bicyclic) bond motifs is 1. The number of aromatic nitrogens is 4. The van der Waals surface area contributed by atoms with E-state index in [2.05, 4.69) is 41.5 Å². The summed E-state index contributed by atoms with van der Waals surface area (Å²) in [5.74, 6) is 0.0208. The monoisotopic (exact) mass is 455 g/mol. The zero-order chi connectivity index (χ0) is 17.3. The Labute approximate surface area is 154 Å². The van der Waals surface area contributed by atoms with Crippen molar-refractivity contribution in [3.05, 3.63) is 36.8 Å². The fourth-order valence-corrected chi connectivity index (χ4v) is 3.45. The molecule has 3 rings (SSSR count). The summed E-state index contributed by atoms with van der Waals surface area (Å²) in [5, 5.41) is 13.1. The van der Waals surface area contributed by atoms with Crippen LogP contribution in [0.25, 0.3) is 22.4 Å². The van der Waals surface area contributed by atoms with Crippen LogP contribution in [0.3, 0.4) is 0 Å². The maximum absolute atomic E-state index is 11.3. The van der Waals surface area contributed by atoms with Gasteiger partial charge in [0.05, 0.1) is 0 Å². The minimum atomic E-state index is -1.13. The van der Waals surface area contributed by atoms with Gasteiger partial charge < -0.3 is 10.4 Å². The molecule has 3 aromatic rings. The molecule has 0 atom stereocenters. The van der Waals surface area contributed by atoms with Crippen molar-refractivity contribution < 1.29 is 9.90 Å². The molecule has 0 aliphatic rings. The molecule has 2 N–H and O–H groups in total. The average molecular weight is 455 g/mol. The van der Waals surface area contributed by atoms with Crippen LogP contribution in [0, 0.1) is 0 Å². The summed E-state index contributed by atoms with van der Waals surface area (Å²) >= 11 is 2.19. The van der Waals surface area contributed by atoms with E-state index in [9.17, 15) is 9.90 Å². The number of hydrogen-bond donors (Lipinski definition) is 2. The Kier molecular flexibility index (Phi) is 4.63. The number of nitrogens with zero attached hydrogens (tertiary/aromatic N) is 4. The van der Waals surface area contributed by atoms with Crippen LogP contribution in [0.5, 0.6) is 0 Å². The number of carbonyl (C=O) groups is 1. The fourth-order valence-electron chi connectivity index (χ4n) is 2.19. The molecular weight excluding hydrogens is 441 g/mol. The maximum Gasteiger partial charge on any atom is 0.328 e. The van der Waals surface area contributed by atoms with Crippen molar-refractivity contribution in [3.63, 3.8) is 0 Å². The molecule has 0 radical (unpaired) electrons. The van der Waals surface area contributed by atoms with Gasteiger partial charge in [0.1, 0.15) is 11.4 Å². The molecule has 0 fully saturated rings. The van der Waals surface area contributed by atoms with Crippen LogP contribution in [-0.2, 0) is 4.79 Å². The predicted octanol–water partition coefficient (Wildman–Crippen LogP) is 3.61. The smallest absolute Gasteiger partial charge is 0.328 e. The fraction of sp³-hybridized carbons (Fsp3) is 0.200. The highest BCUT2D eigenvalue weighted by Crippen LogP contribution is 2.32. The van der Waals surface area contributed by atoms with Gasteiger partial charge in [0, 0.05) is 59.9 Å². The second-order valence-corrected chi connectivity index (χ2v) is 7.35. The third kappa shape index (κ3) is 3.18. The summed E-state index contributed by atoms with van der Waals surface area (Å²) in [7, 11) is 1.51. The van der Waals surface area contributed by atoms with Gasteiger partial charge in [-0.1, -0.05) is 0 Å². The van der Waals surface area contributed by atoms with Gasteiger partial charge in [0.15, 0.2) is 11.5 Å². The number of nitrogens with one attached hydrogen (secondary N) is 1. The lowest BCUT2D eigenvalue weighted by Crippen LogP contribution is -2.40. The molecule has 0 spiro atoms. The SMILES string of the molecule is CC(C)(Nc1ccnc(-c2cn(SI)c3ncccc23)n1)C(=O)O. The van der Waals surface area contributed by atoms with Gasteiger partial charge in [-0.25, -0.2) is 19.7 Å². The van der Waals surface area contributed by atoms with Crippen molar-refractivity contribution in [1.82, 2.24) is 18.9 Å². The molecule has 24 heavy (non-hydrogen) atoms. The van der Waals surface area contributed by atoms with E-state index in [1.807, 2.05) is 22.3 Å². The second kappa shape index (κ2) is 6.55. The number of hydrogen-bond acceptors (Lipinski definition) is 6. The Balaban J connectivity index is 2.05. The second-order valence-electron chi connectivity index (χ2n) is 5.63. The van der Waals surface area contributed by atoms with Crippen molar-refractivity contribution in [2.24, 2.45) is 0 Å². The molecule has 7 nitrogen and oxygen atoms in total. The van der Waals surface area contributed by atoms with Crippen molar-refractivity contribution >= 4 is 53.1 Å². The first kappa shape index (κ1) is 17.0. The number of carboxylic acids is 1. The summed E-state index contributed by atoms with van der Waals surface area (Å²) in [6.45, 7) is 3.17. The van der Waals surface area contributed by atoms with E-state index in [4.69, 9.17) is 0 Å². The zero-order valence-corrected chi connectivity index (χ0v) is 15.9. The predicted molar refractivity (Wildman–Crippen MR) is 103 cm³/mol. The number of anilines is 1. The largest absolute Gasteiger partial charge is 0.480 e. The summed E-state index contributed by atoms with van der Waals surface area (Å²) in [5.41, 5.74) is 0.554. The number of carboxylic acid groups (broad SMARTS) is 1. The summed E-state index contributed by atoms with van der Waals surface area (Å²) in [6.07, 6.45) is 5.28. The molecule has 0 saturated carbocycles. The van der Waals surface area contributed by atoms with E-state index in [0.29, 0.717) is 11.6 Å². The number of rotatable bonds is 5. The van der Waals surface area contributed by atoms with Gasteiger partial charge in [0.25, 0.3) is 0 Å². The quantitative estimate of drug-likeness (QED) is 0.568. The van der Waals surface area contributed by atoms with Crippen LogP contribution in [0.4, 0.5) is 5.82 Å². The molecule has 0 aliphatic heterocycles. The van der Waals surface area contributed by atoms with Crippen molar-refractivity contribution in [2.45, 2.75) is 19.4 Å². The molecule has 0 saturated heterocycles. The standard InChI is InChI=1S/C15H14IN5O2S/c1-15(2,14(22)23)20-11-5-7-17-12(19-11)10-8-21(24-16)13-9(10)4-3-6-18-13/h3-8H,1-2H3,(H,22,23)(H,17,19,20). The highest BCUT2D eigenvalue weighted by atomic mass is 127. The molecule has 0 bridgehead atoms. The van der Waals surface area contributed by atoms with E-state index in [1.54, 1.807) is 32.3 Å². The summed E-state index contributed by atoms with van der Waals surface area (Å²) < 4.78 is 1.94. The normalized spacial score (nSPS) is 11.6. The minimum absolute atomic E-state index is 0.458. The lowest BCUT2D eigenvalue weighted by molar-refractivity contribution is -0.141. The van der Waals surface area contributed by atoms with E-state index < -0.39 is 11.5 Å². The third-order valence-corrected chi connectivity index (χ3v) is 5.18. The van der Waals surface area contributed by atoms with Crippen LogP contribution in [0.2, 0.25) is 0 Å². The van der Waals surface area contributed by atoms with Crippen molar-refractivity contribution in [3.8, 4) is 11.4 Å². The van der Waals surface area contributed by atoms with Crippen LogP contribution >= 0.6 is 30.3 Å². The van der Waals surface area contributed by atoms with Crippen LogP contribution in [0.15, 0.2) is 36.8 Å². The first-order chi connectivity index (χ1) is 11.4.